The third kappa shape index (κ3) is 4.31. The highest BCUT2D eigenvalue weighted by atomic mass is 19.1. The number of anilines is 1. The number of aromatic nitrogens is 3. The second-order valence-electron chi connectivity index (χ2n) is 7.88. The van der Waals surface area contributed by atoms with Gasteiger partial charge in [-0.1, -0.05) is 18.1 Å². The van der Waals surface area contributed by atoms with E-state index in [1.165, 1.54) is 12.4 Å². The molecule has 2 N–H and O–H groups in total. The first-order chi connectivity index (χ1) is 15.2. The van der Waals surface area contributed by atoms with Crippen LogP contribution in [0.25, 0.3) is 11.0 Å². The van der Waals surface area contributed by atoms with Crippen LogP contribution in [-0.4, -0.2) is 51.5 Å². The van der Waals surface area contributed by atoms with Crippen LogP contribution in [0.5, 0.6) is 5.75 Å². The second kappa shape index (κ2) is 8.26. The van der Waals surface area contributed by atoms with Gasteiger partial charge in [-0.25, -0.2) is 14.4 Å². The summed E-state index contributed by atoms with van der Waals surface area (Å²) in [5.74, 6) is 6.89. The Morgan fingerprint density at radius 1 is 1.29 bits per heavy atom. The van der Waals surface area contributed by atoms with Crippen molar-refractivity contribution in [2.45, 2.75) is 25.3 Å². The van der Waals surface area contributed by atoms with Gasteiger partial charge in [-0.2, -0.15) is 0 Å². The van der Waals surface area contributed by atoms with Crippen LogP contribution in [0.4, 0.5) is 10.2 Å². The van der Waals surface area contributed by atoms with Crippen LogP contribution in [0, 0.1) is 23.6 Å². The number of nitrogens with zero attached hydrogens (tertiary/aromatic N) is 3. The van der Waals surface area contributed by atoms with Gasteiger partial charge in [-0.15, -0.1) is 0 Å². The summed E-state index contributed by atoms with van der Waals surface area (Å²) in [7, 11) is 0. The average molecular weight is 419 g/mol. The van der Waals surface area contributed by atoms with Gasteiger partial charge >= 0.3 is 0 Å². The number of carbonyl (C=O) groups excluding carboxylic acids is 1. The minimum absolute atomic E-state index is 0.0695. The molecule has 5 rings (SSSR count). The van der Waals surface area contributed by atoms with Crippen molar-refractivity contribution in [2.75, 3.05) is 25.0 Å². The van der Waals surface area contributed by atoms with Crippen molar-refractivity contribution in [3.8, 4) is 17.6 Å². The molecule has 31 heavy (non-hydrogen) atoms. The van der Waals surface area contributed by atoms with Crippen LogP contribution in [0.2, 0.25) is 0 Å². The summed E-state index contributed by atoms with van der Waals surface area (Å²) in [4.78, 5) is 26.1. The summed E-state index contributed by atoms with van der Waals surface area (Å²) in [6, 6.07) is 8.28. The molecule has 0 bridgehead atoms. The number of benzene rings is 1. The van der Waals surface area contributed by atoms with Gasteiger partial charge in [-0.3, -0.25) is 4.79 Å². The van der Waals surface area contributed by atoms with Crippen LogP contribution in [0.3, 0.4) is 0 Å². The quantitative estimate of drug-likeness (QED) is 0.622. The average Bonchev–Trinajstić information content (AvgIpc) is 3.37. The van der Waals surface area contributed by atoms with Gasteiger partial charge in [-0.05, 0) is 43.4 Å². The lowest BCUT2D eigenvalue weighted by atomic mass is 10.2. The molecule has 0 spiro atoms. The fourth-order valence-electron chi connectivity index (χ4n) is 3.79. The van der Waals surface area contributed by atoms with Crippen LogP contribution < -0.4 is 10.1 Å². The van der Waals surface area contributed by atoms with E-state index < -0.39 is 5.82 Å². The standard InChI is InChI=1S/C23H22FN5O2/c24-19-5-1-2-6-20(19)31-11-3-4-16-12-18-21(27-16)25-14-26-22(18)28-17-9-10-29(13-17)23(30)15-7-8-15/h1-2,5-6,12,14-15,17H,7-11,13H2,(H2,25,26,27,28)/t17-/m1/s1. The Bertz CT molecular complexity index is 1180. The number of likely N-dealkylation sites (tertiary alicyclic amines) is 1. The normalized spacial score (nSPS) is 18.0. The van der Waals surface area contributed by atoms with E-state index in [2.05, 4.69) is 32.1 Å². The lowest BCUT2D eigenvalue weighted by Gasteiger charge is -2.17. The van der Waals surface area contributed by atoms with Crippen molar-refractivity contribution in [1.29, 1.82) is 0 Å². The molecule has 1 aliphatic heterocycles. The number of para-hydroxylation sites is 1. The van der Waals surface area contributed by atoms with Crippen molar-refractivity contribution >= 4 is 22.8 Å². The third-order valence-electron chi connectivity index (χ3n) is 5.55. The predicted octanol–water partition coefficient (Wildman–Crippen LogP) is 2.95. The Morgan fingerprint density at radius 2 is 2.16 bits per heavy atom. The number of amides is 1. The zero-order valence-corrected chi connectivity index (χ0v) is 16.9. The van der Waals surface area contributed by atoms with Crippen LogP contribution in [-0.2, 0) is 4.79 Å². The zero-order chi connectivity index (χ0) is 21.2. The van der Waals surface area contributed by atoms with Gasteiger partial charge < -0.3 is 19.9 Å². The first-order valence-electron chi connectivity index (χ1n) is 10.4. The lowest BCUT2D eigenvalue weighted by molar-refractivity contribution is -0.131. The van der Waals surface area contributed by atoms with Crippen LogP contribution in [0.1, 0.15) is 25.0 Å². The van der Waals surface area contributed by atoms with Gasteiger partial charge in [0.25, 0.3) is 0 Å². The van der Waals surface area contributed by atoms with E-state index >= 15 is 0 Å². The zero-order valence-electron chi connectivity index (χ0n) is 16.9. The third-order valence-corrected chi connectivity index (χ3v) is 5.55. The minimum Gasteiger partial charge on any atom is -0.478 e. The number of hydrogen-bond donors (Lipinski definition) is 2. The van der Waals surface area contributed by atoms with Gasteiger partial charge in [0.15, 0.2) is 11.6 Å². The van der Waals surface area contributed by atoms with E-state index in [-0.39, 0.29) is 30.2 Å². The maximum Gasteiger partial charge on any atom is 0.225 e. The highest BCUT2D eigenvalue weighted by Gasteiger charge is 2.36. The van der Waals surface area contributed by atoms with Gasteiger partial charge in [0, 0.05) is 25.0 Å². The maximum atomic E-state index is 13.6. The van der Waals surface area contributed by atoms with E-state index in [1.807, 2.05) is 11.0 Å². The first-order valence-corrected chi connectivity index (χ1v) is 10.4. The number of fused-ring (bicyclic) bond motifs is 1. The summed E-state index contributed by atoms with van der Waals surface area (Å²) < 4.78 is 18.9. The highest BCUT2D eigenvalue weighted by Crippen LogP contribution is 2.32. The second-order valence-corrected chi connectivity index (χ2v) is 7.88. The van der Waals surface area contributed by atoms with E-state index in [1.54, 1.807) is 18.2 Å². The Morgan fingerprint density at radius 3 is 3.00 bits per heavy atom. The van der Waals surface area contributed by atoms with E-state index in [0.717, 1.165) is 37.0 Å². The number of rotatable bonds is 5. The van der Waals surface area contributed by atoms with Crippen molar-refractivity contribution in [1.82, 2.24) is 19.9 Å². The highest BCUT2D eigenvalue weighted by molar-refractivity contribution is 5.88. The Kier molecular flexibility index (Phi) is 5.16. The monoisotopic (exact) mass is 419 g/mol. The summed E-state index contributed by atoms with van der Waals surface area (Å²) >= 11 is 0. The summed E-state index contributed by atoms with van der Waals surface area (Å²) in [5.41, 5.74) is 1.35. The smallest absolute Gasteiger partial charge is 0.225 e. The van der Waals surface area contributed by atoms with E-state index in [0.29, 0.717) is 17.9 Å². The minimum atomic E-state index is -0.412. The molecule has 1 atom stereocenters. The molecule has 158 valence electrons. The molecule has 3 heterocycles. The van der Waals surface area contributed by atoms with Crippen LogP contribution in [0.15, 0.2) is 36.7 Å². The number of nitrogens with one attached hydrogen (secondary N) is 2. The number of aromatic amines is 1. The fraction of sp³-hybridized carbons (Fsp3) is 0.348. The maximum absolute atomic E-state index is 13.6. The molecule has 8 heteroatoms. The molecule has 2 aliphatic rings. The molecular weight excluding hydrogens is 397 g/mol. The van der Waals surface area contributed by atoms with Crippen molar-refractivity contribution in [2.24, 2.45) is 5.92 Å². The number of ether oxygens (including phenoxy) is 1. The van der Waals surface area contributed by atoms with E-state index in [4.69, 9.17) is 4.74 Å². The van der Waals surface area contributed by atoms with Crippen LogP contribution >= 0.6 is 0 Å². The molecule has 7 nitrogen and oxygen atoms in total. The summed E-state index contributed by atoms with van der Waals surface area (Å²) in [6.07, 6.45) is 4.45. The predicted molar refractivity (Wildman–Crippen MR) is 114 cm³/mol. The number of H-pyrrole nitrogens is 1. The molecule has 1 aromatic carbocycles. The lowest BCUT2D eigenvalue weighted by Crippen LogP contribution is -2.32. The molecule has 1 saturated heterocycles. The van der Waals surface area contributed by atoms with Crippen molar-refractivity contribution < 1.29 is 13.9 Å². The van der Waals surface area contributed by atoms with Gasteiger partial charge in [0.1, 0.15) is 24.4 Å². The molecule has 2 fully saturated rings. The Hall–Kier alpha value is -3.60. The number of carbonyl (C=O) groups is 1. The molecule has 0 radical (unpaired) electrons. The van der Waals surface area contributed by atoms with Crippen molar-refractivity contribution in [3.63, 3.8) is 0 Å². The molecule has 1 aliphatic carbocycles. The van der Waals surface area contributed by atoms with Gasteiger partial charge in [0.2, 0.25) is 5.91 Å². The summed E-state index contributed by atoms with van der Waals surface area (Å²) in [6.45, 7) is 1.55. The molecule has 1 saturated carbocycles. The molecule has 2 aromatic heterocycles. The topological polar surface area (TPSA) is 83.1 Å². The number of halogens is 1. The Labute approximate surface area is 179 Å². The fourth-order valence-corrected chi connectivity index (χ4v) is 3.79. The molecule has 0 unspecified atom stereocenters. The van der Waals surface area contributed by atoms with Gasteiger partial charge in [0.05, 0.1) is 11.1 Å². The van der Waals surface area contributed by atoms with E-state index in [9.17, 15) is 9.18 Å². The SMILES string of the molecule is O=C(C1CC1)N1CC[C@@H](Nc2ncnc3[nH]c(C#CCOc4ccccc4F)cc23)C1. The molecular formula is C23H22FN5O2. The largest absolute Gasteiger partial charge is 0.478 e. The Balaban J connectivity index is 1.24. The number of hydrogen-bond acceptors (Lipinski definition) is 5. The summed E-state index contributed by atoms with van der Waals surface area (Å²) in [5, 5.41) is 4.30. The first kappa shape index (κ1) is 19.4. The molecule has 1 amide bonds. The van der Waals surface area contributed by atoms with Crippen molar-refractivity contribution in [3.05, 3.63) is 48.2 Å². The molecule has 3 aromatic rings.